The van der Waals surface area contributed by atoms with Crippen molar-refractivity contribution in [2.45, 2.75) is 6.10 Å². The molecular weight excluding hydrogens is 318 g/mol. The van der Waals surface area contributed by atoms with E-state index in [1.54, 1.807) is 23.4 Å². The molecule has 1 saturated heterocycles. The van der Waals surface area contributed by atoms with Gasteiger partial charge in [0.05, 0.1) is 18.7 Å². The number of nitrogens with zero attached hydrogens (tertiary/aromatic N) is 4. The van der Waals surface area contributed by atoms with Crippen molar-refractivity contribution in [3.8, 4) is 0 Å². The molecule has 0 bridgehead atoms. The Morgan fingerprint density at radius 3 is 2.92 bits per heavy atom. The van der Waals surface area contributed by atoms with Crippen molar-refractivity contribution in [2.24, 2.45) is 0 Å². The summed E-state index contributed by atoms with van der Waals surface area (Å²) in [5, 5.41) is 0.941. The van der Waals surface area contributed by atoms with E-state index in [1.165, 1.54) is 6.20 Å². The van der Waals surface area contributed by atoms with E-state index in [1.807, 2.05) is 24.3 Å². The lowest BCUT2D eigenvalue weighted by Crippen LogP contribution is -2.42. The van der Waals surface area contributed by atoms with E-state index in [9.17, 15) is 4.79 Å². The number of amides is 1. The third-order valence-electron chi connectivity index (χ3n) is 4.26. The number of nitrogens with two attached hydrogens (primary N) is 1. The minimum absolute atomic E-state index is 0.0403. The molecule has 7 heteroatoms. The smallest absolute Gasteiger partial charge is 0.254 e. The lowest BCUT2D eigenvalue weighted by molar-refractivity contribution is -0.0245. The zero-order chi connectivity index (χ0) is 17.2. The summed E-state index contributed by atoms with van der Waals surface area (Å²) < 4.78 is 5.74. The Hall–Kier alpha value is -3.06. The highest BCUT2D eigenvalue weighted by atomic mass is 16.5. The zero-order valence-corrected chi connectivity index (χ0v) is 13.5. The summed E-state index contributed by atoms with van der Waals surface area (Å²) in [5.41, 5.74) is 7.95. The van der Waals surface area contributed by atoms with Crippen LogP contribution >= 0.6 is 0 Å². The van der Waals surface area contributed by atoms with Crippen LogP contribution in [0.15, 0.2) is 48.9 Å². The van der Waals surface area contributed by atoms with Crippen molar-refractivity contribution in [1.82, 2.24) is 19.9 Å². The van der Waals surface area contributed by atoms with Gasteiger partial charge in [-0.3, -0.25) is 14.8 Å². The van der Waals surface area contributed by atoms with Crippen molar-refractivity contribution in [2.75, 3.05) is 25.4 Å². The number of hydrogen-bond donors (Lipinski definition) is 1. The average molecular weight is 335 g/mol. The van der Waals surface area contributed by atoms with Crippen LogP contribution in [0.5, 0.6) is 0 Å². The number of pyridine rings is 1. The summed E-state index contributed by atoms with van der Waals surface area (Å²) >= 11 is 0. The summed E-state index contributed by atoms with van der Waals surface area (Å²) in [6.45, 7) is 1.36. The molecule has 0 radical (unpaired) electrons. The number of benzene rings is 1. The predicted molar refractivity (Wildman–Crippen MR) is 92.8 cm³/mol. The van der Waals surface area contributed by atoms with E-state index in [4.69, 9.17) is 10.5 Å². The lowest BCUT2D eigenvalue weighted by Gasteiger charge is -2.33. The molecule has 7 nitrogen and oxygen atoms in total. The number of anilines is 1. The van der Waals surface area contributed by atoms with Gasteiger partial charge in [-0.2, -0.15) is 0 Å². The second-order valence-corrected chi connectivity index (χ2v) is 5.85. The van der Waals surface area contributed by atoms with Gasteiger partial charge in [-0.1, -0.05) is 6.07 Å². The molecule has 1 amide bonds. The molecule has 126 valence electrons. The highest BCUT2D eigenvalue weighted by Crippen LogP contribution is 2.25. The molecule has 1 fully saturated rings. The number of ether oxygens (including phenoxy) is 1. The number of nitrogen functional groups attached to an aromatic ring is 1. The van der Waals surface area contributed by atoms with E-state index in [-0.39, 0.29) is 12.0 Å². The molecule has 0 unspecified atom stereocenters. The summed E-state index contributed by atoms with van der Waals surface area (Å²) in [5.74, 6) is 0.292. The van der Waals surface area contributed by atoms with Crippen molar-refractivity contribution >= 4 is 22.6 Å². The van der Waals surface area contributed by atoms with Gasteiger partial charge in [0.1, 0.15) is 17.6 Å². The molecule has 4 rings (SSSR count). The minimum Gasteiger partial charge on any atom is -0.382 e. The van der Waals surface area contributed by atoms with Gasteiger partial charge >= 0.3 is 0 Å². The van der Waals surface area contributed by atoms with Gasteiger partial charge < -0.3 is 15.4 Å². The van der Waals surface area contributed by atoms with Crippen LogP contribution in [0.4, 0.5) is 5.82 Å². The highest BCUT2D eigenvalue weighted by molar-refractivity contribution is 5.98. The van der Waals surface area contributed by atoms with Crippen molar-refractivity contribution < 1.29 is 9.53 Å². The standard InChI is InChI=1S/C18H17N5O2/c19-17-16(21-6-7-22-17)15-11-23(8-9-25-15)18(24)13-3-4-14-12(10-13)2-1-5-20-14/h1-7,10,15H,8-9,11H2,(H2,19,22)/t15-/m1/s1. The number of rotatable bonds is 2. The molecule has 0 saturated carbocycles. The van der Waals surface area contributed by atoms with Gasteiger partial charge in [-0.05, 0) is 24.3 Å². The van der Waals surface area contributed by atoms with Gasteiger partial charge in [0.25, 0.3) is 5.91 Å². The number of aromatic nitrogens is 3. The number of hydrogen-bond acceptors (Lipinski definition) is 6. The van der Waals surface area contributed by atoms with E-state index in [0.717, 1.165) is 10.9 Å². The Kier molecular flexibility index (Phi) is 3.99. The van der Waals surface area contributed by atoms with Crippen LogP contribution in [0.3, 0.4) is 0 Å². The van der Waals surface area contributed by atoms with E-state index in [0.29, 0.717) is 36.8 Å². The predicted octanol–water partition coefficient (Wildman–Crippen LogP) is 1.82. The van der Waals surface area contributed by atoms with Gasteiger partial charge in [0.15, 0.2) is 0 Å². The average Bonchev–Trinajstić information content (AvgIpc) is 2.67. The van der Waals surface area contributed by atoms with Crippen LogP contribution in [0.25, 0.3) is 10.9 Å². The maximum Gasteiger partial charge on any atom is 0.254 e. The molecule has 3 aromatic rings. The quantitative estimate of drug-likeness (QED) is 0.768. The molecule has 1 aliphatic rings. The normalized spacial score (nSPS) is 17.6. The molecule has 0 aliphatic carbocycles. The monoisotopic (exact) mass is 335 g/mol. The van der Waals surface area contributed by atoms with Gasteiger partial charge in [-0.25, -0.2) is 4.98 Å². The molecule has 1 atom stereocenters. The first kappa shape index (κ1) is 15.5. The highest BCUT2D eigenvalue weighted by Gasteiger charge is 2.28. The largest absolute Gasteiger partial charge is 0.382 e. The van der Waals surface area contributed by atoms with Crippen LogP contribution in [0.2, 0.25) is 0 Å². The molecule has 25 heavy (non-hydrogen) atoms. The number of morpholine rings is 1. The first-order chi connectivity index (χ1) is 12.2. The summed E-state index contributed by atoms with van der Waals surface area (Å²) in [7, 11) is 0. The molecule has 1 aromatic carbocycles. The fraction of sp³-hybridized carbons (Fsp3) is 0.222. The maximum absolute atomic E-state index is 12.9. The van der Waals surface area contributed by atoms with Gasteiger partial charge in [-0.15, -0.1) is 0 Å². The third-order valence-corrected chi connectivity index (χ3v) is 4.26. The minimum atomic E-state index is -0.367. The Morgan fingerprint density at radius 1 is 1.16 bits per heavy atom. The van der Waals surface area contributed by atoms with Crippen LogP contribution in [-0.2, 0) is 4.74 Å². The summed E-state index contributed by atoms with van der Waals surface area (Å²) in [6, 6.07) is 9.34. The van der Waals surface area contributed by atoms with Gasteiger partial charge in [0.2, 0.25) is 0 Å². The van der Waals surface area contributed by atoms with Crippen LogP contribution in [-0.4, -0.2) is 45.5 Å². The van der Waals surface area contributed by atoms with Crippen molar-refractivity contribution in [3.63, 3.8) is 0 Å². The number of fused-ring (bicyclic) bond motifs is 1. The second kappa shape index (κ2) is 6.45. The van der Waals surface area contributed by atoms with E-state index in [2.05, 4.69) is 15.0 Å². The molecule has 3 heterocycles. The number of carbonyl (C=O) groups is 1. The Morgan fingerprint density at radius 2 is 2.04 bits per heavy atom. The first-order valence-electron chi connectivity index (χ1n) is 8.04. The molecule has 2 aromatic heterocycles. The van der Waals surface area contributed by atoms with Crippen LogP contribution < -0.4 is 5.73 Å². The molecule has 1 aliphatic heterocycles. The fourth-order valence-corrected chi connectivity index (χ4v) is 3.00. The molecular formula is C18H17N5O2. The summed E-state index contributed by atoms with van der Waals surface area (Å²) in [4.78, 5) is 27.2. The van der Waals surface area contributed by atoms with Crippen molar-refractivity contribution in [1.29, 1.82) is 0 Å². The second-order valence-electron chi connectivity index (χ2n) is 5.85. The Labute approximate surface area is 144 Å². The topological polar surface area (TPSA) is 94.2 Å². The van der Waals surface area contributed by atoms with Gasteiger partial charge in [0, 0.05) is 36.1 Å². The third kappa shape index (κ3) is 3.01. The Balaban J connectivity index is 1.58. The first-order valence-corrected chi connectivity index (χ1v) is 8.04. The maximum atomic E-state index is 12.9. The Bertz CT molecular complexity index is 930. The van der Waals surface area contributed by atoms with Crippen LogP contribution in [0, 0.1) is 0 Å². The summed E-state index contributed by atoms with van der Waals surface area (Å²) in [6.07, 6.45) is 4.48. The SMILES string of the molecule is Nc1nccnc1[C@H]1CN(C(=O)c2ccc3ncccc3c2)CCO1. The van der Waals surface area contributed by atoms with Crippen LogP contribution in [0.1, 0.15) is 22.2 Å². The fourth-order valence-electron chi connectivity index (χ4n) is 3.00. The molecule has 2 N–H and O–H groups in total. The molecule has 0 spiro atoms. The van der Waals surface area contributed by atoms with E-state index < -0.39 is 0 Å². The number of carbonyl (C=O) groups excluding carboxylic acids is 1. The van der Waals surface area contributed by atoms with Crippen molar-refractivity contribution in [3.05, 3.63) is 60.2 Å². The zero-order valence-electron chi connectivity index (χ0n) is 13.5. The lowest BCUT2D eigenvalue weighted by atomic mass is 10.1. The van der Waals surface area contributed by atoms with E-state index >= 15 is 0 Å².